The van der Waals surface area contributed by atoms with E-state index in [0.29, 0.717) is 0 Å². The second kappa shape index (κ2) is 3.63. The summed E-state index contributed by atoms with van der Waals surface area (Å²) in [5, 5.41) is 0. The van der Waals surface area contributed by atoms with Crippen molar-refractivity contribution >= 4 is 15.9 Å². The highest BCUT2D eigenvalue weighted by Gasteiger charge is 2.17. The van der Waals surface area contributed by atoms with Crippen LogP contribution in [0.2, 0.25) is 0 Å². The minimum absolute atomic E-state index is 0.195. The van der Waals surface area contributed by atoms with Crippen LogP contribution >= 0.6 is 15.9 Å². The lowest BCUT2D eigenvalue weighted by atomic mass is 10.1. The molecule has 14 heavy (non-hydrogen) atoms. The predicted molar refractivity (Wildman–Crippen MR) is 57.4 cm³/mol. The quantitative estimate of drug-likeness (QED) is 0.826. The van der Waals surface area contributed by atoms with E-state index in [1.54, 1.807) is 6.08 Å². The van der Waals surface area contributed by atoms with Crippen LogP contribution in [-0.4, -0.2) is 6.79 Å². The van der Waals surface area contributed by atoms with Crippen LogP contribution < -0.4 is 15.2 Å². The summed E-state index contributed by atoms with van der Waals surface area (Å²) in [6, 6.07) is 3.54. The van der Waals surface area contributed by atoms with Gasteiger partial charge in [0.2, 0.25) is 6.79 Å². The highest BCUT2D eigenvalue weighted by Crippen LogP contribution is 2.38. The Bertz CT molecular complexity index is 379. The molecule has 0 bridgehead atoms. The third kappa shape index (κ3) is 1.51. The van der Waals surface area contributed by atoms with E-state index in [9.17, 15) is 0 Å². The van der Waals surface area contributed by atoms with Crippen molar-refractivity contribution in [2.75, 3.05) is 6.79 Å². The zero-order valence-electron chi connectivity index (χ0n) is 7.50. The Labute approximate surface area is 90.6 Å². The van der Waals surface area contributed by atoms with Crippen LogP contribution in [0, 0.1) is 0 Å². The Morgan fingerprint density at radius 1 is 1.43 bits per heavy atom. The average molecular weight is 256 g/mol. The van der Waals surface area contributed by atoms with E-state index in [1.807, 2.05) is 12.1 Å². The van der Waals surface area contributed by atoms with Gasteiger partial charge in [-0.2, -0.15) is 0 Å². The van der Waals surface area contributed by atoms with Crippen molar-refractivity contribution in [2.24, 2.45) is 5.73 Å². The summed E-state index contributed by atoms with van der Waals surface area (Å²) < 4.78 is 11.4. The summed E-state index contributed by atoms with van der Waals surface area (Å²) >= 11 is 3.43. The van der Waals surface area contributed by atoms with E-state index in [-0.39, 0.29) is 12.8 Å². The maximum absolute atomic E-state index is 5.84. The molecule has 2 N–H and O–H groups in total. The van der Waals surface area contributed by atoms with Gasteiger partial charge in [0.1, 0.15) is 0 Å². The molecule has 74 valence electrons. The number of fused-ring (bicyclic) bond motifs is 1. The first-order valence-electron chi connectivity index (χ1n) is 4.19. The van der Waals surface area contributed by atoms with E-state index in [4.69, 9.17) is 15.2 Å². The summed E-state index contributed by atoms with van der Waals surface area (Å²) in [7, 11) is 0. The highest BCUT2D eigenvalue weighted by atomic mass is 79.9. The monoisotopic (exact) mass is 255 g/mol. The number of hydrogen-bond donors (Lipinski definition) is 1. The molecule has 3 nitrogen and oxygen atoms in total. The molecule has 0 aromatic heterocycles. The summed E-state index contributed by atoms with van der Waals surface area (Å²) in [6.45, 7) is 3.93. The van der Waals surface area contributed by atoms with Gasteiger partial charge in [0.25, 0.3) is 0 Å². The topological polar surface area (TPSA) is 44.5 Å². The van der Waals surface area contributed by atoms with Crippen LogP contribution in [0.25, 0.3) is 0 Å². The highest BCUT2D eigenvalue weighted by molar-refractivity contribution is 9.10. The molecule has 1 heterocycles. The second-order valence-corrected chi connectivity index (χ2v) is 3.84. The molecule has 1 aromatic carbocycles. The third-order valence-corrected chi connectivity index (χ3v) is 2.79. The summed E-state index contributed by atoms with van der Waals surface area (Å²) in [6.07, 6.45) is 1.68. The molecule has 0 saturated carbocycles. The SMILES string of the molecule is C=C[C@H](N)c1cc2c(cc1Br)OCO2. The van der Waals surface area contributed by atoms with Crippen molar-refractivity contribution in [3.63, 3.8) is 0 Å². The van der Waals surface area contributed by atoms with Crippen LogP contribution in [0.1, 0.15) is 11.6 Å². The minimum atomic E-state index is -0.195. The number of nitrogens with two attached hydrogens (primary N) is 1. The molecule has 4 heteroatoms. The van der Waals surface area contributed by atoms with Crippen molar-refractivity contribution in [3.8, 4) is 11.5 Å². The first kappa shape index (κ1) is 9.55. The van der Waals surface area contributed by atoms with E-state index < -0.39 is 0 Å². The van der Waals surface area contributed by atoms with Gasteiger partial charge in [0.15, 0.2) is 11.5 Å². The number of halogens is 1. The molecule has 1 aliphatic rings. The van der Waals surface area contributed by atoms with Crippen molar-refractivity contribution in [3.05, 3.63) is 34.8 Å². The van der Waals surface area contributed by atoms with Crippen LogP contribution in [0.15, 0.2) is 29.3 Å². The molecule has 2 rings (SSSR count). The Balaban J connectivity index is 2.47. The first-order valence-corrected chi connectivity index (χ1v) is 4.99. The van der Waals surface area contributed by atoms with Crippen LogP contribution in [-0.2, 0) is 0 Å². The average Bonchev–Trinajstić information content (AvgIpc) is 2.62. The van der Waals surface area contributed by atoms with Crippen molar-refractivity contribution in [2.45, 2.75) is 6.04 Å². The Hall–Kier alpha value is -1.00. The number of ether oxygens (including phenoxy) is 2. The zero-order chi connectivity index (χ0) is 10.1. The van der Waals surface area contributed by atoms with Gasteiger partial charge in [-0.25, -0.2) is 0 Å². The van der Waals surface area contributed by atoms with Gasteiger partial charge < -0.3 is 15.2 Å². The van der Waals surface area contributed by atoms with E-state index >= 15 is 0 Å². The van der Waals surface area contributed by atoms with Crippen LogP contribution in [0.4, 0.5) is 0 Å². The largest absolute Gasteiger partial charge is 0.454 e. The maximum atomic E-state index is 5.84. The van der Waals surface area contributed by atoms with Crippen molar-refractivity contribution in [1.29, 1.82) is 0 Å². The lowest BCUT2D eigenvalue weighted by Crippen LogP contribution is -2.07. The van der Waals surface area contributed by atoms with E-state index in [1.165, 1.54) is 0 Å². The van der Waals surface area contributed by atoms with Gasteiger partial charge >= 0.3 is 0 Å². The van der Waals surface area contributed by atoms with E-state index in [2.05, 4.69) is 22.5 Å². The van der Waals surface area contributed by atoms with E-state index in [0.717, 1.165) is 21.5 Å². The second-order valence-electron chi connectivity index (χ2n) is 2.99. The fraction of sp³-hybridized carbons (Fsp3) is 0.200. The number of rotatable bonds is 2. The molecule has 1 aliphatic heterocycles. The summed E-state index contributed by atoms with van der Waals surface area (Å²) in [5.74, 6) is 1.48. The predicted octanol–water partition coefficient (Wildman–Crippen LogP) is 2.36. The molecule has 0 aliphatic carbocycles. The molecule has 0 spiro atoms. The molecule has 0 radical (unpaired) electrons. The van der Waals surface area contributed by atoms with Crippen molar-refractivity contribution in [1.82, 2.24) is 0 Å². The van der Waals surface area contributed by atoms with Crippen LogP contribution in [0.3, 0.4) is 0 Å². The lowest BCUT2D eigenvalue weighted by Gasteiger charge is -2.10. The van der Waals surface area contributed by atoms with Gasteiger partial charge in [-0.1, -0.05) is 22.0 Å². The molecule has 1 aromatic rings. The van der Waals surface area contributed by atoms with Gasteiger partial charge in [-0.05, 0) is 17.7 Å². The standard InChI is InChI=1S/C10H10BrNO2/c1-2-8(12)6-3-9-10(4-7(6)11)14-5-13-9/h2-4,8H,1,5,12H2/t8-/m0/s1. The fourth-order valence-corrected chi connectivity index (χ4v) is 1.90. The Kier molecular flexibility index (Phi) is 2.48. The first-order chi connectivity index (χ1) is 6.72. The zero-order valence-corrected chi connectivity index (χ0v) is 9.08. The molecule has 0 amide bonds. The summed E-state index contributed by atoms with van der Waals surface area (Å²) in [4.78, 5) is 0. The van der Waals surface area contributed by atoms with Gasteiger partial charge in [0, 0.05) is 10.5 Å². The van der Waals surface area contributed by atoms with Crippen LogP contribution in [0.5, 0.6) is 11.5 Å². The lowest BCUT2D eigenvalue weighted by molar-refractivity contribution is 0.174. The normalized spacial score (nSPS) is 15.3. The molecular formula is C10H10BrNO2. The maximum Gasteiger partial charge on any atom is 0.231 e. The Morgan fingerprint density at radius 3 is 2.71 bits per heavy atom. The number of benzene rings is 1. The third-order valence-electron chi connectivity index (χ3n) is 2.10. The minimum Gasteiger partial charge on any atom is -0.454 e. The summed E-state index contributed by atoms with van der Waals surface area (Å²) in [5.41, 5.74) is 6.79. The smallest absolute Gasteiger partial charge is 0.231 e. The Morgan fingerprint density at radius 2 is 2.07 bits per heavy atom. The fourth-order valence-electron chi connectivity index (χ4n) is 1.32. The van der Waals surface area contributed by atoms with Crippen molar-refractivity contribution < 1.29 is 9.47 Å². The molecule has 0 fully saturated rings. The van der Waals surface area contributed by atoms with Gasteiger partial charge in [-0.3, -0.25) is 0 Å². The van der Waals surface area contributed by atoms with Gasteiger partial charge in [-0.15, -0.1) is 6.58 Å². The molecular weight excluding hydrogens is 246 g/mol. The molecule has 0 unspecified atom stereocenters. The molecule has 0 saturated heterocycles. The molecule has 1 atom stereocenters. The number of hydrogen-bond acceptors (Lipinski definition) is 3. The van der Waals surface area contributed by atoms with Gasteiger partial charge in [0.05, 0.1) is 0 Å².